The fourth-order valence-electron chi connectivity index (χ4n) is 5.90. The minimum Gasteiger partial charge on any atom is -0.508 e. The van der Waals surface area contributed by atoms with Crippen molar-refractivity contribution in [3.05, 3.63) is 17.2 Å². The van der Waals surface area contributed by atoms with Gasteiger partial charge in [0.25, 0.3) is 0 Å². The lowest BCUT2D eigenvalue weighted by Gasteiger charge is -2.60. The zero-order chi connectivity index (χ0) is 17.9. The lowest BCUT2D eigenvalue weighted by atomic mass is 9.48. The molecule has 2 aliphatic carbocycles. The highest BCUT2D eigenvalue weighted by molar-refractivity contribution is 5.85. The van der Waals surface area contributed by atoms with Crippen molar-refractivity contribution in [1.29, 1.82) is 0 Å². The van der Waals surface area contributed by atoms with Gasteiger partial charge in [0.05, 0.1) is 14.2 Å². The molecule has 1 aromatic carbocycles. The molecule has 1 N–H and O–H groups in total. The maximum absolute atomic E-state index is 12.7. The number of carbonyl (C=O) groups excluding carboxylic acids is 1. The molecule has 1 heterocycles. The van der Waals surface area contributed by atoms with Crippen molar-refractivity contribution in [2.45, 2.75) is 44.1 Å². The van der Waals surface area contributed by atoms with Crippen LogP contribution in [0.4, 0.5) is 0 Å². The first kappa shape index (κ1) is 16.7. The average Bonchev–Trinajstić information content (AvgIpc) is 2.61. The van der Waals surface area contributed by atoms with E-state index in [-0.39, 0.29) is 17.1 Å². The first-order chi connectivity index (χ1) is 12.0. The number of methoxy groups -OCH3 is 2. The van der Waals surface area contributed by atoms with Crippen LogP contribution in [-0.4, -0.2) is 49.6 Å². The lowest BCUT2D eigenvalue weighted by Crippen LogP contribution is -2.64. The molecule has 4 atom stereocenters. The first-order valence-electron chi connectivity index (χ1n) is 9.16. The number of hydrogen-bond acceptors (Lipinski definition) is 5. The molecule has 1 aliphatic heterocycles. The van der Waals surface area contributed by atoms with Crippen LogP contribution in [0.5, 0.6) is 17.2 Å². The van der Waals surface area contributed by atoms with Gasteiger partial charge >= 0.3 is 0 Å². The molecule has 1 saturated heterocycles. The first-order valence-corrected chi connectivity index (χ1v) is 9.16. The monoisotopic (exact) mass is 345 g/mol. The maximum Gasteiger partial charge on any atom is 0.165 e. The summed E-state index contributed by atoms with van der Waals surface area (Å²) in [6, 6.07) is 2.01. The molecule has 25 heavy (non-hydrogen) atoms. The van der Waals surface area contributed by atoms with Gasteiger partial charge in [-0.25, -0.2) is 0 Å². The van der Waals surface area contributed by atoms with Crippen LogP contribution in [0.25, 0.3) is 0 Å². The summed E-state index contributed by atoms with van der Waals surface area (Å²) in [5.41, 5.74) is 1.70. The predicted octanol–water partition coefficient (Wildman–Crippen LogP) is 2.52. The number of hydrogen-bond donors (Lipinski definition) is 1. The van der Waals surface area contributed by atoms with Crippen LogP contribution < -0.4 is 9.47 Å². The van der Waals surface area contributed by atoms with Gasteiger partial charge in [0.1, 0.15) is 11.5 Å². The van der Waals surface area contributed by atoms with E-state index in [1.807, 2.05) is 0 Å². The Morgan fingerprint density at radius 3 is 2.76 bits per heavy atom. The van der Waals surface area contributed by atoms with E-state index in [0.717, 1.165) is 36.9 Å². The highest BCUT2D eigenvalue weighted by atomic mass is 16.5. The molecule has 136 valence electrons. The fraction of sp³-hybridized carbons (Fsp3) is 0.650. The van der Waals surface area contributed by atoms with Gasteiger partial charge in [-0.1, -0.05) is 6.92 Å². The van der Waals surface area contributed by atoms with Crippen molar-refractivity contribution < 1.29 is 19.4 Å². The molecule has 4 rings (SSSR count). The molecular formula is C20H27NO4. The third kappa shape index (κ3) is 2.02. The van der Waals surface area contributed by atoms with Gasteiger partial charge in [0, 0.05) is 41.0 Å². The van der Waals surface area contributed by atoms with E-state index in [1.54, 1.807) is 20.3 Å². The Hall–Kier alpha value is -1.75. The van der Waals surface area contributed by atoms with E-state index >= 15 is 0 Å². The molecule has 2 bridgehead atoms. The van der Waals surface area contributed by atoms with E-state index in [2.05, 4.69) is 18.9 Å². The Morgan fingerprint density at radius 1 is 1.32 bits per heavy atom. The van der Waals surface area contributed by atoms with Gasteiger partial charge in [-0.2, -0.15) is 0 Å². The number of ketones is 1. The van der Waals surface area contributed by atoms with Crippen LogP contribution in [0.15, 0.2) is 6.07 Å². The number of likely N-dealkylation sites (N-methyl/N-ethyl adjacent to an activating group) is 1. The summed E-state index contributed by atoms with van der Waals surface area (Å²) in [5, 5.41) is 10.7. The minimum absolute atomic E-state index is 0.0677. The second-order valence-corrected chi connectivity index (χ2v) is 7.86. The zero-order valence-electron chi connectivity index (χ0n) is 15.5. The van der Waals surface area contributed by atoms with Gasteiger partial charge < -0.3 is 19.5 Å². The van der Waals surface area contributed by atoms with Gasteiger partial charge in [0.2, 0.25) is 0 Å². The number of benzene rings is 1. The van der Waals surface area contributed by atoms with Crippen molar-refractivity contribution >= 4 is 5.78 Å². The van der Waals surface area contributed by atoms with Gasteiger partial charge in [-0.05, 0) is 38.8 Å². The summed E-state index contributed by atoms with van der Waals surface area (Å²) in [7, 11) is 5.41. The SMILES string of the molecule is COc1cc(O)c2c(c1OC)[C@]13CCN(C)[C@H](C2)[C@@H]1CCC(=O)[C@H]3C. The van der Waals surface area contributed by atoms with Crippen LogP contribution >= 0.6 is 0 Å². The van der Waals surface area contributed by atoms with Crippen molar-refractivity contribution in [2.75, 3.05) is 27.8 Å². The number of phenols is 1. The number of rotatable bonds is 2. The van der Waals surface area contributed by atoms with Crippen LogP contribution in [0.3, 0.4) is 0 Å². The summed E-state index contributed by atoms with van der Waals surface area (Å²) in [5.74, 6) is 2.18. The second-order valence-electron chi connectivity index (χ2n) is 7.86. The largest absolute Gasteiger partial charge is 0.508 e. The topological polar surface area (TPSA) is 59.0 Å². The molecule has 2 fully saturated rings. The van der Waals surface area contributed by atoms with Crippen molar-refractivity contribution in [3.8, 4) is 17.2 Å². The number of piperidine rings is 1. The average molecular weight is 345 g/mol. The van der Waals surface area contributed by atoms with Crippen molar-refractivity contribution in [3.63, 3.8) is 0 Å². The number of carbonyl (C=O) groups is 1. The van der Waals surface area contributed by atoms with E-state index in [0.29, 0.717) is 35.7 Å². The molecular weight excluding hydrogens is 318 g/mol. The predicted molar refractivity (Wildman–Crippen MR) is 94.5 cm³/mol. The molecule has 0 spiro atoms. The third-order valence-electron chi connectivity index (χ3n) is 7.16. The zero-order valence-corrected chi connectivity index (χ0v) is 15.5. The molecule has 5 nitrogen and oxygen atoms in total. The Kier molecular flexibility index (Phi) is 3.76. The Bertz CT molecular complexity index is 731. The number of ether oxygens (including phenoxy) is 2. The number of phenolic OH excluding ortho intramolecular Hbond substituents is 1. The molecule has 3 aliphatic rings. The van der Waals surface area contributed by atoms with Gasteiger partial charge in [-0.3, -0.25) is 4.79 Å². The van der Waals surface area contributed by atoms with Crippen LogP contribution in [0.1, 0.15) is 37.3 Å². The standard InChI is InChI=1S/C20H27NO4/c1-11-15(22)6-5-13-14-9-12-16(23)10-17(24-3)19(25-4)18(12)20(11,13)7-8-21(14)2/h10-11,13-14,23H,5-9H2,1-4H3/t11-,13+,14-,20+/m1/s1. The summed E-state index contributed by atoms with van der Waals surface area (Å²) in [4.78, 5) is 15.1. The summed E-state index contributed by atoms with van der Waals surface area (Å²) >= 11 is 0. The van der Waals surface area contributed by atoms with E-state index in [1.165, 1.54) is 0 Å². The number of likely N-dealkylation sites (tertiary alicyclic amines) is 1. The smallest absolute Gasteiger partial charge is 0.165 e. The van der Waals surface area contributed by atoms with Crippen LogP contribution in [0, 0.1) is 11.8 Å². The Labute approximate surface area is 148 Å². The Balaban J connectivity index is 2.05. The maximum atomic E-state index is 12.7. The Morgan fingerprint density at radius 2 is 2.08 bits per heavy atom. The summed E-state index contributed by atoms with van der Waals surface area (Å²) in [6.07, 6.45) is 3.28. The lowest BCUT2D eigenvalue weighted by molar-refractivity contribution is -0.134. The fourth-order valence-corrected chi connectivity index (χ4v) is 5.90. The molecule has 1 aromatic rings. The molecule has 0 radical (unpaired) electrons. The van der Waals surface area contributed by atoms with Gasteiger partial charge in [-0.15, -0.1) is 0 Å². The number of aromatic hydroxyl groups is 1. The second kappa shape index (κ2) is 5.63. The highest BCUT2D eigenvalue weighted by Gasteiger charge is 2.60. The van der Waals surface area contributed by atoms with E-state index in [4.69, 9.17) is 9.47 Å². The van der Waals surface area contributed by atoms with E-state index in [9.17, 15) is 9.90 Å². The van der Waals surface area contributed by atoms with Crippen molar-refractivity contribution in [1.82, 2.24) is 4.90 Å². The quantitative estimate of drug-likeness (QED) is 0.892. The molecule has 5 heteroatoms. The third-order valence-corrected chi connectivity index (χ3v) is 7.16. The number of Topliss-reactive ketones (excluding diaryl/α,β-unsaturated/α-hetero) is 1. The molecule has 1 saturated carbocycles. The molecule has 0 unspecified atom stereocenters. The number of nitrogens with zero attached hydrogens (tertiary/aromatic N) is 1. The number of fused-ring (bicyclic) bond motifs is 1. The normalized spacial score (nSPS) is 34.2. The van der Waals surface area contributed by atoms with Crippen molar-refractivity contribution in [2.24, 2.45) is 11.8 Å². The van der Waals surface area contributed by atoms with E-state index < -0.39 is 0 Å². The van der Waals surface area contributed by atoms with Crippen LogP contribution in [0.2, 0.25) is 0 Å². The summed E-state index contributed by atoms with van der Waals surface area (Å²) < 4.78 is 11.3. The van der Waals surface area contributed by atoms with Gasteiger partial charge in [0.15, 0.2) is 11.5 Å². The summed E-state index contributed by atoms with van der Waals surface area (Å²) in [6.45, 7) is 3.03. The molecule has 0 aromatic heterocycles. The minimum atomic E-state index is -0.266. The van der Waals surface area contributed by atoms with Crippen LogP contribution in [-0.2, 0) is 16.6 Å². The highest BCUT2D eigenvalue weighted by Crippen LogP contribution is 2.61. The molecule has 0 amide bonds.